The monoisotopic (exact) mass is 312 g/mol. The van der Waals surface area contributed by atoms with Crippen LogP contribution in [-0.2, 0) is 6.42 Å². The SMILES string of the molecule is CCc1cc2c3c(cc(C)c2[nH]c1=O)C(C)C(C)(CN=[N+]=[N-])O3. The first-order valence-electron chi connectivity index (χ1n) is 7.80. The van der Waals surface area contributed by atoms with Crippen LogP contribution < -0.4 is 10.3 Å². The van der Waals surface area contributed by atoms with Crippen molar-refractivity contribution in [2.24, 2.45) is 5.11 Å². The standard InChI is InChI=1S/C17H20N4O2/c1-5-11-7-13-14(20-16(11)22)9(2)6-12-10(3)17(4,8-19-21-18)23-15(12)13/h6-7,10H,5,8H2,1-4H3,(H,20,22). The lowest BCUT2D eigenvalue weighted by Gasteiger charge is -2.26. The quantitative estimate of drug-likeness (QED) is 0.528. The Kier molecular flexibility index (Phi) is 3.57. The van der Waals surface area contributed by atoms with Crippen molar-refractivity contribution in [3.63, 3.8) is 0 Å². The van der Waals surface area contributed by atoms with Crippen LogP contribution in [0.15, 0.2) is 22.0 Å². The molecule has 2 heterocycles. The van der Waals surface area contributed by atoms with Crippen LogP contribution in [0, 0.1) is 6.92 Å². The lowest BCUT2D eigenvalue weighted by atomic mass is 9.86. The first kappa shape index (κ1) is 15.4. The van der Waals surface area contributed by atoms with Crippen molar-refractivity contribution in [1.82, 2.24) is 4.98 Å². The van der Waals surface area contributed by atoms with Gasteiger partial charge >= 0.3 is 0 Å². The summed E-state index contributed by atoms with van der Waals surface area (Å²) in [5, 5.41) is 4.63. The zero-order valence-corrected chi connectivity index (χ0v) is 13.8. The lowest BCUT2D eigenvalue weighted by Crippen LogP contribution is -2.36. The number of ether oxygens (including phenoxy) is 1. The maximum atomic E-state index is 12.1. The Morgan fingerprint density at radius 1 is 1.48 bits per heavy atom. The van der Waals surface area contributed by atoms with Crippen molar-refractivity contribution in [3.05, 3.63) is 49.6 Å². The number of hydrogen-bond acceptors (Lipinski definition) is 3. The molecule has 3 rings (SSSR count). The molecule has 2 unspecified atom stereocenters. The molecular formula is C17H20N4O2. The third-order valence-electron chi connectivity index (χ3n) is 4.94. The molecule has 2 aromatic rings. The van der Waals surface area contributed by atoms with Crippen molar-refractivity contribution in [2.75, 3.05) is 6.54 Å². The molecule has 0 bridgehead atoms. The van der Waals surface area contributed by atoms with E-state index in [0.717, 1.165) is 33.3 Å². The second kappa shape index (κ2) is 5.32. The van der Waals surface area contributed by atoms with E-state index in [1.807, 2.05) is 26.8 Å². The minimum absolute atomic E-state index is 0.0501. The van der Waals surface area contributed by atoms with Gasteiger partial charge in [-0.2, -0.15) is 0 Å². The lowest BCUT2D eigenvalue weighted by molar-refractivity contribution is 0.105. The highest BCUT2D eigenvalue weighted by atomic mass is 16.5. The summed E-state index contributed by atoms with van der Waals surface area (Å²) in [5.41, 5.74) is 11.7. The van der Waals surface area contributed by atoms with Gasteiger partial charge in [0.2, 0.25) is 0 Å². The molecule has 6 nitrogen and oxygen atoms in total. The van der Waals surface area contributed by atoms with Gasteiger partial charge in [0.05, 0.1) is 12.1 Å². The smallest absolute Gasteiger partial charge is 0.251 e. The summed E-state index contributed by atoms with van der Waals surface area (Å²) in [6, 6.07) is 3.98. The van der Waals surface area contributed by atoms with Crippen molar-refractivity contribution in [2.45, 2.75) is 45.6 Å². The van der Waals surface area contributed by atoms with Gasteiger partial charge in [-0.3, -0.25) is 4.79 Å². The topological polar surface area (TPSA) is 90.9 Å². The van der Waals surface area contributed by atoms with Crippen molar-refractivity contribution < 1.29 is 4.74 Å². The Labute approximate surface area is 134 Å². The van der Waals surface area contributed by atoms with Gasteiger partial charge in [0.25, 0.3) is 5.56 Å². The van der Waals surface area contributed by atoms with Crippen LogP contribution in [0.2, 0.25) is 0 Å². The zero-order valence-electron chi connectivity index (χ0n) is 13.8. The molecule has 120 valence electrons. The number of aromatic nitrogens is 1. The summed E-state index contributed by atoms with van der Waals surface area (Å²) >= 11 is 0. The minimum atomic E-state index is -0.572. The fourth-order valence-electron chi connectivity index (χ4n) is 3.28. The number of aromatic amines is 1. The van der Waals surface area contributed by atoms with Gasteiger partial charge in [0.1, 0.15) is 11.4 Å². The Morgan fingerprint density at radius 2 is 2.22 bits per heavy atom. The Bertz CT molecular complexity index is 896. The van der Waals surface area contributed by atoms with E-state index in [4.69, 9.17) is 10.3 Å². The van der Waals surface area contributed by atoms with Crippen molar-refractivity contribution >= 4 is 10.9 Å². The highest BCUT2D eigenvalue weighted by Crippen LogP contribution is 2.48. The predicted molar refractivity (Wildman–Crippen MR) is 90.1 cm³/mol. The highest BCUT2D eigenvalue weighted by Gasteiger charge is 2.42. The first-order chi connectivity index (χ1) is 10.9. The third kappa shape index (κ3) is 2.26. The van der Waals surface area contributed by atoms with Crippen LogP contribution in [0.25, 0.3) is 21.3 Å². The number of hydrogen-bond donors (Lipinski definition) is 1. The highest BCUT2D eigenvalue weighted by molar-refractivity contribution is 5.90. The number of fused-ring (bicyclic) bond motifs is 3. The Hall–Kier alpha value is -2.46. The van der Waals surface area contributed by atoms with Gasteiger partial charge in [0, 0.05) is 27.3 Å². The summed E-state index contributed by atoms with van der Waals surface area (Å²) in [5.74, 6) is 0.891. The third-order valence-corrected chi connectivity index (χ3v) is 4.94. The van der Waals surface area contributed by atoms with E-state index in [0.29, 0.717) is 6.42 Å². The van der Waals surface area contributed by atoms with Gasteiger partial charge in [0.15, 0.2) is 0 Å². The number of aryl methyl sites for hydroxylation is 2. The number of nitrogens with one attached hydrogen (secondary N) is 1. The van der Waals surface area contributed by atoms with Gasteiger partial charge in [-0.25, -0.2) is 0 Å². The van der Waals surface area contributed by atoms with Gasteiger partial charge in [-0.1, -0.05) is 19.0 Å². The maximum absolute atomic E-state index is 12.1. The number of benzene rings is 1. The van der Waals surface area contributed by atoms with E-state index in [9.17, 15) is 4.79 Å². The summed E-state index contributed by atoms with van der Waals surface area (Å²) < 4.78 is 6.23. The summed E-state index contributed by atoms with van der Waals surface area (Å²) in [6.45, 7) is 8.25. The number of nitrogens with zero attached hydrogens (tertiary/aromatic N) is 3. The van der Waals surface area contributed by atoms with E-state index >= 15 is 0 Å². The maximum Gasteiger partial charge on any atom is 0.251 e. The van der Waals surface area contributed by atoms with Gasteiger partial charge in [-0.05, 0) is 43.5 Å². The largest absolute Gasteiger partial charge is 0.486 e. The first-order valence-corrected chi connectivity index (χ1v) is 7.80. The molecule has 1 aromatic heterocycles. The molecule has 1 aromatic carbocycles. The predicted octanol–water partition coefficient (Wildman–Crippen LogP) is 3.96. The molecule has 0 spiro atoms. The summed E-state index contributed by atoms with van der Waals surface area (Å²) in [6.07, 6.45) is 0.666. The summed E-state index contributed by atoms with van der Waals surface area (Å²) in [7, 11) is 0. The summed E-state index contributed by atoms with van der Waals surface area (Å²) in [4.78, 5) is 17.9. The van der Waals surface area contributed by atoms with Crippen LogP contribution in [0.1, 0.15) is 43.4 Å². The molecule has 0 aliphatic carbocycles. The van der Waals surface area contributed by atoms with Crippen LogP contribution >= 0.6 is 0 Å². The molecule has 2 atom stereocenters. The molecule has 1 aliphatic rings. The minimum Gasteiger partial charge on any atom is -0.486 e. The molecule has 0 amide bonds. The fraction of sp³-hybridized carbons (Fsp3) is 0.471. The van der Waals surface area contributed by atoms with Crippen LogP contribution in [0.4, 0.5) is 0 Å². The van der Waals surface area contributed by atoms with Crippen LogP contribution in [0.3, 0.4) is 0 Å². The normalized spacial score (nSPS) is 22.5. The van der Waals surface area contributed by atoms with E-state index in [2.05, 4.69) is 28.0 Å². The van der Waals surface area contributed by atoms with Crippen LogP contribution in [0.5, 0.6) is 5.75 Å². The molecule has 0 saturated carbocycles. The molecule has 0 saturated heterocycles. The van der Waals surface area contributed by atoms with Gasteiger partial charge < -0.3 is 9.72 Å². The average Bonchev–Trinajstić information content (AvgIpc) is 2.78. The molecule has 0 radical (unpaired) electrons. The molecule has 1 N–H and O–H groups in total. The fourth-order valence-corrected chi connectivity index (χ4v) is 3.28. The average molecular weight is 312 g/mol. The van der Waals surface area contributed by atoms with Gasteiger partial charge in [-0.15, -0.1) is 0 Å². The molecule has 1 aliphatic heterocycles. The second-order valence-electron chi connectivity index (χ2n) is 6.40. The molecular weight excluding hydrogens is 292 g/mol. The van der Waals surface area contributed by atoms with E-state index in [1.165, 1.54) is 0 Å². The Morgan fingerprint density at radius 3 is 2.87 bits per heavy atom. The molecule has 0 fully saturated rings. The van der Waals surface area contributed by atoms with Crippen molar-refractivity contribution in [3.8, 4) is 5.75 Å². The number of azide groups is 1. The van der Waals surface area contributed by atoms with E-state index < -0.39 is 5.60 Å². The molecule has 6 heteroatoms. The van der Waals surface area contributed by atoms with E-state index in [-0.39, 0.29) is 18.0 Å². The molecule has 23 heavy (non-hydrogen) atoms. The van der Waals surface area contributed by atoms with Crippen LogP contribution in [-0.4, -0.2) is 17.1 Å². The van der Waals surface area contributed by atoms with E-state index in [1.54, 1.807) is 0 Å². The number of H-pyrrole nitrogens is 1. The van der Waals surface area contributed by atoms with Crippen molar-refractivity contribution in [1.29, 1.82) is 0 Å². The Balaban J connectivity index is 2.26. The number of rotatable bonds is 3. The zero-order chi connectivity index (χ0) is 16.8. The second-order valence-corrected chi connectivity index (χ2v) is 6.40. The number of pyridine rings is 1.